The van der Waals surface area contributed by atoms with Crippen LogP contribution in [-0.2, 0) is 12.8 Å². The van der Waals surface area contributed by atoms with E-state index in [4.69, 9.17) is 14.7 Å². The molecule has 0 bridgehead atoms. The zero-order valence-corrected chi connectivity index (χ0v) is 9.43. The van der Waals surface area contributed by atoms with Crippen LogP contribution in [0.3, 0.4) is 0 Å². The van der Waals surface area contributed by atoms with E-state index >= 15 is 0 Å². The molecular weight excluding hydrogens is 206 g/mol. The highest BCUT2D eigenvalue weighted by Crippen LogP contribution is 2.20. The lowest BCUT2D eigenvalue weighted by atomic mass is 10.2. The summed E-state index contributed by atoms with van der Waals surface area (Å²) in [6.07, 6.45) is 1.45. The minimum atomic E-state index is 0.0215. The first kappa shape index (κ1) is 10.9. The van der Waals surface area contributed by atoms with Gasteiger partial charge in [-0.05, 0) is 19.1 Å². The van der Waals surface area contributed by atoms with Gasteiger partial charge in [-0.15, -0.1) is 0 Å². The molecule has 2 aromatic heterocycles. The van der Waals surface area contributed by atoms with Crippen molar-refractivity contribution in [3.05, 3.63) is 23.7 Å². The normalized spacial score (nSPS) is 12.9. The molecule has 5 nitrogen and oxygen atoms in total. The van der Waals surface area contributed by atoms with Crippen molar-refractivity contribution in [1.82, 2.24) is 10.1 Å². The Kier molecular flexibility index (Phi) is 3.05. The van der Waals surface area contributed by atoms with Crippen LogP contribution in [0.5, 0.6) is 0 Å². The van der Waals surface area contributed by atoms with Gasteiger partial charge in [0.25, 0.3) is 5.89 Å². The van der Waals surface area contributed by atoms with E-state index in [1.54, 1.807) is 0 Å². The van der Waals surface area contributed by atoms with Gasteiger partial charge in [0.05, 0.1) is 0 Å². The molecule has 0 spiro atoms. The van der Waals surface area contributed by atoms with Crippen molar-refractivity contribution in [1.29, 1.82) is 0 Å². The number of nitrogens with two attached hydrogens (primary N) is 1. The average molecular weight is 221 g/mol. The van der Waals surface area contributed by atoms with E-state index in [2.05, 4.69) is 10.1 Å². The number of furan rings is 1. The van der Waals surface area contributed by atoms with E-state index in [1.165, 1.54) is 0 Å². The Hall–Kier alpha value is -1.62. The number of aryl methyl sites for hydroxylation is 1. The van der Waals surface area contributed by atoms with E-state index in [-0.39, 0.29) is 6.04 Å². The number of aromatic nitrogens is 2. The summed E-state index contributed by atoms with van der Waals surface area (Å²) in [5.41, 5.74) is 5.65. The highest BCUT2D eigenvalue weighted by atomic mass is 16.5. The fraction of sp³-hybridized carbons (Fsp3) is 0.455. The van der Waals surface area contributed by atoms with Crippen molar-refractivity contribution in [2.45, 2.75) is 32.7 Å². The third-order valence-corrected chi connectivity index (χ3v) is 2.19. The first-order valence-corrected chi connectivity index (χ1v) is 5.36. The highest BCUT2D eigenvalue weighted by Gasteiger charge is 2.13. The number of nitrogens with zero attached hydrogens (tertiary/aromatic N) is 2. The Balaban J connectivity index is 2.17. The molecule has 1 unspecified atom stereocenters. The molecule has 0 aliphatic rings. The Bertz CT molecular complexity index is 459. The molecule has 0 fully saturated rings. The molecular formula is C11H15N3O2. The summed E-state index contributed by atoms with van der Waals surface area (Å²) >= 11 is 0. The monoisotopic (exact) mass is 221 g/mol. The Morgan fingerprint density at radius 2 is 2.25 bits per heavy atom. The summed E-state index contributed by atoms with van der Waals surface area (Å²) in [5.74, 6) is 2.54. The molecule has 0 saturated heterocycles. The maximum atomic E-state index is 5.65. The zero-order valence-electron chi connectivity index (χ0n) is 9.43. The molecule has 0 saturated carbocycles. The second kappa shape index (κ2) is 4.49. The van der Waals surface area contributed by atoms with E-state index in [0.717, 1.165) is 12.2 Å². The van der Waals surface area contributed by atoms with E-state index in [1.807, 2.05) is 26.0 Å². The molecule has 0 amide bonds. The van der Waals surface area contributed by atoms with Crippen molar-refractivity contribution in [3.63, 3.8) is 0 Å². The average Bonchev–Trinajstić information content (AvgIpc) is 2.83. The summed E-state index contributed by atoms with van der Waals surface area (Å²) in [7, 11) is 0. The fourth-order valence-corrected chi connectivity index (χ4v) is 1.41. The molecule has 0 aromatic carbocycles. The number of hydrogen-bond donors (Lipinski definition) is 1. The first-order valence-electron chi connectivity index (χ1n) is 5.36. The van der Waals surface area contributed by atoms with Crippen LogP contribution in [0.4, 0.5) is 0 Å². The van der Waals surface area contributed by atoms with Crippen LogP contribution in [0.25, 0.3) is 11.7 Å². The molecule has 2 N–H and O–H groups in total. The molecule has 16 heavy (non-hydrogen) atoms. The molecule has 86 valence electrons. The lowest BCUT2D eigenvalue weighted by Crippen LogP contribution is -2.18. The van der Waals surface area contributed by atoms with Gasteiger partial charge in [-0.2, -0.15) is 4.98 Å². The summed E-state index contributed by atoms with van der Waals surface area (Å²) in [4.78, 5) is 4.22. The van der Waals surface area contributed by atoms with E-state index < -0.39 is 0 Å². The van der Waals surface area contributed by atoms with Crippen LogP contribution in [0, 0.1) is 0 Å². The van der Waals surface area contributed by atoms with Crippen LogP contribution in [-0.4, -0.2) is 16.2 Å². The van der Waals surface area contributed by atoms with Gasteiger partial charge >= 0.3 is 0 Å². The van der Waals surface area contributed by atoms with Crippen LogP contribution in [0.15, 0.2) is 21.1 Å². The van der Waals surface area contributed by atoms with Gasteiger partial charge < -0.3 is 14.7 Å². The second-order valence-electron chi connectivity index (χ2n) is 3.82. The van der Waals surface area contributed by atoms with Crippen LogP contribution < -0.4 is 5.73 Å². The van der Waals surface area contributed by atoms with Gasteiger partial charge in [0.1, 0.15) is 5.76 Å². The molecule has 2 aromatic rings. The second-order valence-corrected chi connectivity index (χ2v) is 3.82. The third kappa shape index (κ3) is 2.30. The largest absolute Gasteiger partial charge is 0.456 e. The smallest absolute Gasteiger partial charge is 0.293 e. The molecule has 0 radical (unpaired) electrons. The SMILES string of the molecule is CCc1ccc(-c2nc(CC(C)N)no2)o1. The highest BCUT2D eigenvalue weighted by molar-refractivity contribution is 5.44. The van der Waals surface area contributed by atoms with E-state index in [9.17, 15) is 0 Å². The quantitative estimate of drug-likeness (QED) is 0.851. The molecule has 0 aliphatic carbocycles. The van der Waals surface area contributed by atoms with Gasteiger partial charge in [-0.1, -0.05) is 12.1 Å². The minimum absolute atomic E-state index is 0.0215. The topological polar surface area (TPSA) is 78.1 Å². The third-order valence-electron chi connectivity index (χ3n) is 2.19. The lowest BCUT2D eigenvalue weighted by Gasteiger charge is -1.96. The Morgan fingerprint density at radius 1 is 1.44 bits per heavy atom. The molecule has 5 heteroatoms. The molecule has 1 atom stereocenters. The fourth-order valence-electron chi connectivity index (χ4n) is 1.41. The van der Waals surface area contributed by atoms with Crippen LogP contribution in [0.1, 0.15) is 25.4 Å². The first-order chi connectivity index (χ1) is 7.69. The van der Waals surface area contributed by atoms with Gasteiger partial charge in [-0.25, -0.2) is 0 Å². The van der Waals surface area contributed by atoms with Crippen molar-refractivity contribution < 1.29 is 8.94 Å². The Labute approximate surface area is 93.6 Å². The van der Waals surface area contributed by atoms with E-state index in [0.29, 0.717) is 23.9 Å². The minimum Gasteiger partial charge on any atom is -0.456 e. The summed E-state index contributed by atoms with van der Waals surface area (Å²) in [5, 5.41) is 3.84. The summed E-state index contributed by atoms with van der Waals surface area (Å²) in [6, 6.07) is 3.76. The van der Waals surface area contributed by atoms with Gasteiger partial charge in [0.15, 0.2) is 11.6 Å². The molecule has 2 rings (SSSR count). The summed E-state index contributed by atoms with van der Waals surface area (Å²) in [6.45, 7) is 3.93. The van der Waals surface area contributed by atoms with Gasteiger partial charge in [0, 0.05) is 18.9 Å². The number of rotatable bonds is 4. The summed E-state index contributed by atoms with van der Waals surface area (Å²) < 4.78 is 10.6. The van der Waals surface area contributed by atoms with Crippen LogP contribution >= 0.6 is 0 Å². The standard InChI is InChI=1S/C11H15N3O2/c1-3-8-4-5-9(15-8)11-13-10(14-16-11)6-7(2)12/h4-5,7H,3,6,12H2,1-2H3. The lowest BCUT2D eigenvalue weighted by molar-refractivity contribution is 0.404. The van der Waals surface area contributed by atoms with Crippen molar-refractivity contribution >= 4 is 0 Å². The Morgan fingerprint density at radius 3 is 2.88 bits per heavy atom. The predicted molar refractivity (Wildman–Crippen MR) is 58.7 cm³/mol. The van der Waals surface area contributed by atoms with Gasteiger partial charge in [-0.3, -0.25) is 0 Å². The molecule has 2 heterocycles. The van der Waals surface area contributed by atoms with Crippen LogP contribution in [0.2, 0.25) is 0 Å². The van der Waals surface area contributed by atoms with Crippen molar-refractivity contribution in [3.8, 4) is 11.7 Å². The predicted octanol–water partition coefficient (Wildman–Crippen LogP) is 1.78. The van der Waals surface area contributed by atoms with Crippen molar-refractivity contribution in [2.24, 2.45) is 5.73 Å². The maximum Gasteiger partial charge on any atom is 0.293 e. The van der Waals surface area contributed by atoms with Gasteiger partial charge in [0.2, 0.25) is 0 Å². The molecule has 0 aliphatic heterocycles. The van der Waals surface area contributed by atoms with Crippen molar-refractivity contribution in [2.75, 3.05) is 0 Å². The maximum absolute atomic E-state index is 5.65. The number of hydrogen-bond acceptors (Lipinski definition) is 5. The zero-order chi connectivity index (χ0) is 11.5.